The summed E-state index contributed by atoms with van der Waals surface area (Å²) in [5.41, 5.74) is 2.95. The van der Waals surface area contributed by atoms with Gasteiger partial charge in [0.25, 0.3) is 0 Å². The quantitative estimate of drug-likeness (QED) is 0.610. The normalized spacial score (nSPS) is 33.3. The van der Waals surface area contributed by atoms with Crippen molar-refractivity contribution < 1.29 is 14.6 Å². The van der Waals surface area contributed by atoms with Gasteiger partial charge in [0.15, 0.2) is 5.13 Å². The standard InChI is InChI=1S/C26H34N2O3S/c1-15-14-27-25(32-15)28-23(30)9-5-17-13-22(31-3)26(2)11-10-20-19-8-6-18(29)12-16(19)4-7-21(20)24(17)26/h6,8,12,14,17,20-22,24,29H,4-5,7,9-11,13H2,1-3H3,(H,27,28,30)/t17-,20?,21?,22?,24?,26-/m1/s1. The first-order valence-electron chi connectivity index (χ1n) is 12.0. The highest BCUT2D eigenvalue weighted by Gasteiger charge is 2.58. The number of amides is 1. The Morgan fingerprint density at radius 2 is 2.22 bits per heavy atom. The number of ether oxygens (including phenoxy) is 1. The average Bonchev–Trinajstić information content (AvgIpc) is 3.31. The molecule has 172 valence electrons. The lowest BCUT2D eigenvalue weighted by molar-refractivity contribution is -0.116. The number of phenols is 1. The number of nitrogens with one attached hydrogen (secondary N) is 1. The van der Waals surface area contributed by atoms with Crippen molar-refractivity contribution in [1.29, 1.82) is 0 Å². The van der Waals surface area contributed by atoms with E-state index in [9.17, 15) is 9.90 Å². The van der Waals surface area contributed by atoms with Crippen LogP contribution < -0.4 is 5.32 Å². The Hall–Kier alpha value is -1.92. The van der Waals surface area contributed by atoms with Crippen LogP contribution in [0.1, 0.15) is 67.4 Å². The molecule has 2 aromatic rings. The number of carbonyl (C=O) groups excluding carboxylic acids is 1. The number of aryl methyl sites for hydroxylation is 2. The smallest absolute Gasteiger partial charge is 0.226 e. The Bertz CT molecular complexity index is 1000. The second-order valence-electron chi connectivity index (χ2n) is 10.3. The minimum Gasteiger partial charge on any atom is -0.508 e. The highest BCUT2D eigenvalue weighted by Crippen LogP contribution is 2.64. The number of methoxy groups -OCH3 is 1. The maximum Gasteiger partial charge on any atom is 0.226 e. The Morgan fingerprint density at radius 1 is 1.38 bits per heavy atom. The molecule has 6 heteroatoms. The van der Waals surface area contributed by atoms with Gasteiger partial charge >= 0.3 is 0 Å². The highest BCUT2D eigenvalue weighted by atomic mass is 32.1. The molecule has 1 amide bonds. The summed E-state index contributed by atoms with van der Waals surface area (Å²) < 4.78 is 6.04. The number of rotatable bonds is 5. The summed E-state index contributed by atoms with van der Waals surface area (Å²) in [6.07, 6.45) is 9.11. The van der Waals surface area contributed by atoms with Crippen molar-refractivity contribution in [3.63, 3.8) is 0 Å². The second kappa shape index (κ2) is 8.45. The number of hydrogen-bond donors (Lipinski definition) is 2. The number of benzene rings is 1. The molecule has 6 atom stereocenters. The van der Waals surface area contributed by atoms with Gasteiger partial charge < -0.3 is 15.2 Å². The maximum atomic E-state index is 12.6. The van der Waals surface area contributed by atoms with E-state index in [1.165, 1.54) is 41.7 Å². The first kappa shape index (κ1) is 21.9. The topological polar surface area (TPSA) is 71.5 Å². The summed E-state index contributed by atoms with van der Waals surface area (Å²) in [6, 6.07) is 5.98. The number of phenolic OH excluding ortho intramolecular Hbond substituents is 1. The van der Waals surface area contributed by atoms with Gasteiger partial charge in [-0.15, -0.1) is 11.3 Å². The molecule has 5 nitrogen and oxygen atoms in total. The van der Waals surface area contributed by atoms with Crippen molar-refractivity contribution in [2.75, 3.05) is 12.4 Å². The van der Waals surface area contributed by atoms with E-state index in [4.69, 9.17) is 4.74 Å². The maximum absolute atomic E-state index is 12.6. The van der Waals surface area contributed by atoms with Crippen LogP contribution in [0.2, 0.25) is 0 Å². The van der Waals surface area contributed by atoms with Crippen molar-refractivity contribution >= 4 is 22.4 Å². The van der Waals surface area contributed by atoms with Crippen LogP contribution in [0, 0.1) is 30.1 Å². The van der Waals surface area contributed by atoms with Gasteiger partial charge in [0.2, 0.25) is 5.91 Å². The predicted octanol–water partition coefficient (Wildman–Crippen LogP) is 5.67. The molecule has 1 aromatic carbocycles. The molecule has 2 fully saturated rings. The minimum absolute atomic E-state index is 0.0683. The lowest BCUT2D eigenvalue weighted by Gasteiger charge is -2.52. The minimum atomic E-state index is 0.0683. The summed E-state index contributed by atoms with van der Waals surface area (Å²) in [4.78, 5) is 18.0. The Balaban J connectivity index is 1.34. The fourth-order valence-corrected chi connectivity index (χ4v) is 8.05. The highest BCUT2D eigenvalue weighted by molar-refractivity contribution is 7.15. The largest absolute Gasteiger partial charge is 0.508 e. The van der Waals surface area contributed by atoms with Gasteiger partial charge in [-0.3, -0.25) is 4.79 Å². The molecule has 1 aromatic heterocycles. The molecular weight excluding hydrogens is 420 g/mol. The van der Waals surface area contributed by atoms with Gasteiger partial charge in [0, 0.05) is 24.6 Å². The monoisotopic (exact) mass is 454 g/mol. The van der Waals surface area contributed by atoms with Crippen molar-refractivity contribution in [2.24, 2.45) is 23.2 Å². The molecule has 0 aliphatic heterocycles. The van der Waals surface area contributed by atoms with E-state index in [0.717, 1.165) is 24.1 Å². The van der Waals surface area contributed by atoms with E-state index in [-0.39, 0.29) is 17.4 Å². The zero-order valence-corrected chi connectivity index (χ0v) is 20.1. The Morgan fingerprint density at radius 3 is 2.97 bits per heavy atom. The number of hydrogen-bond acceptors (Lipinski definition) is 5. The van der Waals surface area contributed by atoms with Crippen molar-refractivity contribution in [2.45, 2.75) is 70.8 Å². The molecule has 3 aliphatic carbocycles. The third kappa shape index (κ3) is 3.75. The lowest BCUT2D eigenvalue weighted by atomic mass is 9.53. The molecule has 32 heavy (non-hydrogen) atoms. The Labute approximate surface area is 194 Å². The van der Waals surface area contributed by atoms with Crippen molar-refractivity contribution in [1.82, 2.24) is 4.98 Å². The Kier molecular flexibility index (Phi) is 5.79. The van der Waals surface area contributed by atoms with E-state index in [2.05, 4.69) is 23.3 Å². The van der Waals surface area contributed by atoms with Crippen LogP contribution in [0.3, 0.4) is 0 Å². The summed E-state index contributed by atoms with van der Waals surface area (Å²) in [5.74, 6) is 2.70. The van der Waals surface area contributed by atoms with Gasteiger partial charge in [-0.05, 0) is 97.8 Å². The first-order valence-corrected chi connectivity index (χ1v) is 12.8. The number of aromatic nitrogens is 1. The fraction of sp³-hybridized carbons (Fsp3) is 0.615. The molecule has 0 saturated heterocycles. The third-order valence-electron chi connectivity index (χ3n) is 8.66. The molecule has 0 bridgehead atoms. The average molecular weight is 455 g/mol. The molecule has 5 rings (SSSR count). The van der Waals surface area contributed by atoms with Gasteiger partial charge in [0.1, 0.15) is 5.75 Å². The predicted molar refractivity (Wildman–Crippen MR) is 127 cm³/mol. The lowest BCUT2D eigenvalue weighted by Crippen LogP contribution is -2.45. The van der Waals surface area contributed by atoms with E-state index < -0.39 is 0 Å². The summed E-state index contributed by atoms with van der Waals surface area (Å²) in [7, 11) is 1.86. The second-order valence-corrected chi connectivity index (χ2v) is 11.6. The van der Waals surface area contributed by atoms with E-state index >= 15 is 0 Å². The van der Waals surface area contributed by atoms with Gasteiger partial charge in [-0.2, -0.15) is 0 Å². The number of carbonyl (C=O) groups is 1. The molecule has 4 unspecified atom stereocenters. The van der Waals surface area contributed by atoms with Crippen LogP contribution in [0.15, 0.2) is 24.4 Å². The van der Waals surface area contributed by atoms with Crippen LogP contribution in [-0.4, -0.2) is 29.2 Å². The molecule has 0 spiro atoms. The number of thiazole rings is 1. The van der Waals surface area contributed by atoms with Crippen LogP contribution in [0.25, 0.3) is 0 Å². The van der Waals surface area contributed by atoms with Crippen molar-refractivity contribution in [3.05, 3.63) is 40.4 Å². The summed E-state index contributed by atoms with van der Waals surface area (Å²) >= 11 is 1.52. The van der Waals surface area contributed by atoms with Crippen LogP contribution >= 0.6 is 11.3 Å². The van der Waals surface area contributed by atoms with Gasteiger partial charge in [-0.25, -0.2) is 4.98 Å². The van der Waals surface area contributed by atoms with E-state index in [1.54, 1.807) is 6.20 Å². The molecule has 1 heterocycles. The van der Waals surface area contributed by atoms with Crippen LogP contribution in [-0.2, 0) is 16.0 Å². The summed E-state index contributed by atoms with van der Waals surface area (Å²) in [6.45, 7) is 4.44. The van der Waals surface area contributed by atoms with Crippen LogP contribution in [0.5, 0.6) is 5.75 Å². The van der Waals surface area contributed by atoms with Crippen LogP contribution in [0.4, 0.5) is 5.13 Å². The third-order valence-corrected chi connectivity index (χ3v) is 9.49. The first-order chi connectivity index (χ1) is 15.4. The molecule has 3 aliphatic rings. The van der Waals surface area contributed by atoms with Gasteiger partial charge in [-0.1, -0.05) is 13.0 Å². The molecule has 2 N–H and O–H groups in total. The summed E-state index contributed by atoms with van der Waals surface area (Å²) in [5, 5.41) is 13.6. The SMILES string of the molecule is COC1C[C@@H](CCC(=O)Nc2ncc(C)s2)C2C3CCc4cc(O)ccc4C3CC[C@]12C. The number of fused-ring (bicyclic) bond motifs is 5. The van der Waals surface area contributed by atoms with E-state index in [1.807, 2.05) is 26.2 Å². The zero-order chi connectivity index (χ0) is 22.5. The van der Waals surface area contributed by atoms with Crippen molar-refractivity contribution in [3.8, 4) is 5.75 Å². The van der Waals surface area contributed by atoms with Gasteiger partial charge in [0.05, 0.1) is 6.10 Å². The molecular formula is C26H34N2O3S. The number of nitrogens with zero attached hydrogens (tertiary/aromatic N) is 1. The number of anilines is 1. The van der Waals surface area contributed by atoms with E-state index in [0.29, 0.717) is 41.0 Å². The molecule has 0 radical (unpaired) electrons. The zero-order valence-electron chi connectivity index (χ0n) is 19.3. The molecule has 2 saturated carbocycles. The fourth-order valence-electron chi connectivity index (χ4n) is 7.37. The number of aromatic hydroxyl groups is 1.